The van der Waals surface area contributed by atoms with Gasteiger partial charge < -0.3 is 4.55 Å². The molecule has 2 aromatic carbocycles. The Balaban J connectivity index is 0.00000612. The quantitative estimate of drug-likeness (QED) is 0.126. The standard InChI is InChI=1S/C30H48O3S.K/c1-3-5-7-9-11-13-15-17-19-26-23-28-21-22-30(34(31,32)33)25-29(28)24-27(26)20-18-16-14-12-10-8-6-4-2;/h21-25H,3-20H2,1-2H3,(H,31,32,33);/q;+1/p-1. The van der Waals surface area contributed by atoms with Gasteiger partial charge in [0.15, 0.2) is 0 Å². The van der Waals surface area contributed by atoms with E-state index in [0.717, 1.165) is 23.6 Å². The molecule has 35 heavy (non-hydrogen) atoms. The second-order valence-corrected chi connectivity index (χ2v) is 11.4. The van der Waals surface area contributed by atoms with Gasteiger partial charge in [-0.1, -0.05) is 122 Å². The fourth-order valence-electron chi connectivity index (χ4n) is 4.89. The number of unbranched alkanes of at least 4 members (excludes halogenated alkanes) is 14. The Morgan fingerprint density at radius 3 is 1.40 bits per heavy atom. The topological polar surface area (TPSA) is 57.2 Å². The summed E-state index contributed by atoms with van der Waals surface area (Å²) < 4.78 is 34.5. The maximum atomic E-state index is 11.5. The van der Waals surface area contributed by atoms with E-state index in [1.807, 2.05) is 0 Å². The van der Waals surface area contributed by atoms with Gasteiger partial charge in [-0.15, -0.1) is 0 Å². The van der Waals surface area contributed by atoms with Gasteiger partial charge in [-0.3, -0.25) is 0 Å². The van der Waals surface area contributed by atoms with E-state index in [2.05, 4.69) is 26.0 Å². The van der Waals surface area contributed by atoms with Crippen molar-refractivity contribution in [3.05, 3.63) is 41.5 Å². The molecule has 0 amide bonds. The minimum Gasteiger partial charge on any atom is -0.744 e. The Morgan fingerprint density at radius 2 is 0.971 bits per heavy atom. The zero-order chi connectivity index (χ0) is 24.7. The maximum absolute atomic E-state index is 11.5. The Hall–Kier alpha value is 0.246. The first-order chi connectivity index (χ1) is 16.5. The summed E-state index contributed by atoms with van der Waals surface area (Å²) in [6.45, 7) is 4.51. The van der Waals surface area contributed by atoms with Crippen LogP contribution in [0.1, 0.15) is 128 Å². The molecule has 0 fully saturated rings. The van der Waals surface area contributed by atoms with Crippen molar-refractivity contribution in [2.45, 2.75) is 134 Å². The van der Waals surface area contributed by atoms with E-state index in [1.54, 1.807) is 12.1 Å². The molecule has 0 bridgehead atoms. The number of hydrogen-bond donors (Lipinski definition) is 0. The molecule has 192 valence electrons. The van der Waals surface area contributed by atoms with Crippen LogP contribution in [0.5, 0.6) is 0 Å². The van der Waals surface area contributed by atoms with E-state index < -0.39 is 10.1 Å². The molecule has 0 atom stereocenters. The molecule has 5 heteroatoms. The van der Waals surface area contributed by atoms with Crippen LogP contribution in [-0.4, -0.2) is 13.0 Å². The van der Waals surface area contributed by atoms with Crippen molar-refractivity contribution in [1.82, 2.24) is 0 Å². The van der Waals surface area contributed by atoms with Crippen LogP contribution in [0.3, 0.4) is 0 Å². The fourth-order valence-corrected chi connectivity index (χ4v) is 5.40. The van der Waals surface area contributed by atoms with Crippen molar-refractivity contribution < 1.29 is 64.4 Å². The number of rotatable bonds is 19. The SMILES string of the molecule is CCCCCCCCCCc1cc2ccc(S(=O)(=O)[O-])cc2cc1CCCCCCCCCC.[K+]. The maximum Gasteiger partial charge on any atom is 1.00 e. The first-order valence-electron chi connectivity index (χ1n) is 14.0. The van der Waals surface area contributed by atoms with E-state index in [0.29, 0.717) is 0 Å². The third-order valence-electron chi connectivity index (χ3n) is 7.02. The van der Waals surface area contributed by atoms with Gasteiger partial charge in [0.2, 0.25) is 0 Å². The summed E-state index contributed by atoms with van der Waals surface area (Å²) in [4.78, 5) is -0.131. The number of aryl methyl sites for hydroxylation is 2. The first kappa shape index (κ1) is 33.3. The monoisotopic (exact) mass is 526 g/mol. The average molecular weight is 527 g/mol. The molecular weight excluding hydrogens is 479 g/mol. The average Bonchev–Trinajstić information content (AvgIpc) is 2.81. The van der Waals surface area contributed by atoms with Gasteiger partial charge in [0.1, 0.15) is 10.1 Å². The molecule has 0 heterocycles. The van der Waals surface area contributed by atoms with E-state index in [4.69, 9.17) is 0 Å². The molecule has 0 spiro atoms. The summed E-state index contributed by atoms with van der Waals surface area (Å²) in [5, 5.41) is 1.90. The van der Waals surface area contributed by atoms with Crippen molar-refractivity contribution in [3.63, 3.8) is 0 Å². The van der Waals surface area contributed by atoms with Crippen LogP contribution in [-0.2, 0) is 23.0 Å². The van der Waals surface area contributed by atoms with Crippen LogP contribution >= 0.6 is 0 Å². The van der Waals surface area contributed by atoms with E-state index >= 15 is 0 Å². The van der Waals surface area contributed by atoms with Gasteiger partial charge in [-0.05, 0) is 59.7 Å². The first-order valence-corrected chi connectivity index (χ1v) is 15.4. The molecule has 0 aliphatic rings. The van der Waals surface area contributed by atoms with Gasteiger partial charge in [0.05, 0.1) is 4.90 Å². The predicted molar refractivity (Wildman–Crippen MR) is 145 cm³/mol. The molecule has 0 unspecified atom stereocenters. The molecule has 0 saturated carbocycles. The molecule has 0 aliphatic carbocycles. The van der Waals surface area contributed by atoms with Crippen molar-refractivity contribution in [1.29, 1.82) is 0 Å². The van der Waals surface area contributed by atoms with Crippen LogP contribution in [0.15, 0.2) is 35.2 Å². The van der Waals surface area contributed by atoms with Crippen LogP contribution in [0.2, 0.25) is 0 Å². The molecule has 0 aromatic heterocycles. The summed E-state index contributed by atoms with van der Waals surface area (Å²) in [5.74, 6) is 0. The van der Waals surface area contributed by atoms with Crippen LogP contribution in [0.4, 0.5) is 0 Å². The van der Waals surface area contributed by atoms with Crippen LogP contribution in [0, 0.1) is 0 Å². The minimum absolute atomic E-state index is 0. The van der Waals surface area contributed by atoms with E-state index in [1.165, 1.54) is 120 Å². The third kappa shape index (κ3) is 13.6. The number of hydrogen-bond acceptors (Lipinski definition) is 3. The van der Waals surface area contributed by atoms with E-state index in [9.17, 15) is 13.0 Å². The Bertz CT molecular complexity index is 940. The van der Waals surface area contributed by atoms with Gasteiger partial charge in [0.25, 0.3) is 0 Å². The summed E-state index contributed by atoms with van der Waals surface area (Å²) in [6.07, 6.45) is 23.0. The predicted octanol–water partition coefficient (Wildman–Crippen LogP) is 6.11. The van der Waals surface area contributed by atoms with Gasteiger partial charge in [-0.25, -0.2) is 8.42 Å². The second kappa shape index (κ2) is 19.3. The zero-order valence-corrected chi connectivity index (χ0v) is 26.7. The second-order valence-electron chi connectivity index (χ2n) is 10.0. The summed E-state index contributed by atoms with van der Waals surface area (Å²) in [5.41, 5.74) is 2.74. The molecule has 0 aliphatic heterocycles. The molecule has 2 aromatic rings. The van der Waals surface area contributed by atoms with Crippen LogP contribution in [0.25, 0.3) is 10.8 Å². The van der Waals surface area contributed by atoms with E-state index in [-0.39, 0.29) is 56.3 Å². The normalized spacial score (nSPS) is 11.6. The number of benzene rings is 2. The molecule has 0 saturated heterocycles. The summed E-state index contributed by atoms with van der Waals surface area (Å²) >= 11 is 0. The van der Waals surface area contributed by atoms with Crippen molar-refractivity contribution in [3.8, 4) is 0 Å². The van der Waals surface area contributed by atoms with Crippen LogP contribution < -0.4 is 51.4 Å². The number of fused-ring (bicyclic) bond motifs is 1. The zero-order valence-electron chi connectivity index (χ0n) is 22.7. The molecule has 0 N–H and O–H groups in total. The van der Waals surface area contributed by atoms with Crippen molar-refractivity contribution >= 4 is 20.9 Å². The van der Waals surface area contributed by atoms with Gasteiger partial charge in [-0.2, -0.15) is 0 Å². The third-order valence-corrected chi connectivity index (χ3v) is 7.85. The molecule has 3 nitrogen and oxygen atoms in total. The minimum atomic E-state index is -4.43. The fraction of sp³-hybridized carbons (Fsp3) is 0.667. The smallest absolute Gasteiger partial charge is 0.744 e. The summed E-state index contributed by atoms with van der Waals surface area (Å²) in [6, 6.07) is 9.17. The Morgan fingerprint density at radius 1 is 0.571 bits per heavy atom. The Kier molecular flexibility index (Phi) is 18.4. The summed E-state index contributed by atoms with van der Waals surface area (Å²) in [7, 11) is -4.43. The largest absolute Gasteiger partial charge is 1.00 e. The van der Waals surface area contributed by atoms with Gasteiger partial charge in [0, 0.05) is 0 Å². The Labute approximate surface area is 258 Å². The molecule has 2 rings (SSSR count). The molecule has 0 radical (unpaired) electrons. The van der Waals surface area contributed by atoms with Gasteiger partial charge >= 0.3 is 51.4 Å². The molecular formula is C30H47KO3S. The van der Waals surface area contributed by atoms with Crippen molar-refractivity contribution in [2.75, 3.05) is 0 Å². The van der Waals surface area contributed by atoms with Crippen molar-refractivity contribution in [2.24, 2.45) is 0 Å².